The summed E-state index contributed by atoms with van der Waals surface area (Å²) < 4.78 is 0. The molecule has 4 heterocycles. The van der Waals surface area contributed by atoms with Gasteiger partial charge in [-0.1, -0.05) is 0 Å². The average Bonchev–Trinajstić information content (AvgIpc) is 3.24. The van der Waals surface area contributed by atoms with Gasteiger partial charge in [0.05, 0.1) is 11.4 Å². The van der Waals surface area contributed by atoms with Gasteiger partial charge in [0, 0.05) is 36.8 Å². The van der Waals surface area contributed by atoms with Crippen LogP contribution < -0.4 is 5.73 Å². The average molecular weight is 353 g/mol. The first kappa shape index (κ1) is 16.0. The van der Waals surface area contributed by atoms with Gasteiger partial charge in [0.25, 0.3) is 5.91 Å². The molecule has 7 heteroatoms. The Balaban J connectivity index is 1.63. The molecule has 3 aromatic heterocycles. The first-order chi connectivity index (χ1) is 12.1. The van der Waals surface area contributed by atoms with Gasteiger partial charge in [0.1, 0.15) is 9.71 Å². The molecule has 0 aromatic carbocycles. The van der Waals surface area contributed by atoms with Crippen LogP contribution in [0.5, 0.6) is 0 Å². The molecule has 4 rings (SSSR count). The smallest absolute Gasteiger partial charge is 0.266 e. The van der Waals surface area contributed by atoms with E-state index in [0.29, 0.717) is 23.0 Å². The number of hydrogen-bond acceptors (Lipinski definition) is 6. The molecule has 0 aliphatic carbocycles. The molecule has 2 N–H and O–H groups in total. The number of pyridine rings is 1. The van der Waals surface area contributed by atoms with E-state index in [9.17, 15) is 4.79 Å². The topological polar surface area (TPSA) is 85.0 Å². The molecule has 1 amide bonds. The summed E-state index contributed by atoms with van der Waals surface area (Å²) >= 11 is 1.34. The van der Waals surface area contributed by atoms with Crippen LogP contribution in [0.1, 0.15) is 38.8 Å². The van der Waals surface area contributed by atoms with Crippen LogP contribution in [0.3, 0.4) is 0 Å². The van der Waals surface area contributed by atoms with E-state index in [1.54, 1.807) is 12.4 Å². The minimum atomic E-state index is -0.00545. The number of aryl methyl sites for hydroxylation is 2. The predicted octanol–water partition coefficient (Wildman–Crippen LogP) is 2.92. The van der Waals surface area contributed by atoms with Gasteiger partial charge < -0.3 is 10.6 Å². The monoisotopic (exact) mass is 353 g/mol. The van der Waals surface area contributed by atoms with Crippen LogP contribution in [-0.2, 0) is 0 Å². The molecule has 6 nitrogen and oxygen atoms in total. The molecule has 1 unspecified atom stereocenters. The van der Waals surface area contributed by atoms with Crippen molar-refractivity contribution in [1.82, 2.24) is 20.1 Å². The number of likely N-dealkylation sites (tertiary alicyclic amines) is 1. The number of carbonyl (C=O) groups is 1. The second-order valence-electron chi connectivity index (χ2n) is 6.45. The van der Waals surface area contributed by atoms with Crippen LogP contribution in [0.25, 0.3) is 10.2 Å². The molecule has 0 bridgehead atoms. The fraction of sp³-hybridized carbons (Fsp3) is 0.333. The van der Waals surface area contributed by atoms with Gasteiger partial charge in [0.2, 0.25) is 0 Å². The number of rotatable bonds is 2. The maximum atomic E-state index is 13.0. The summed E-state index contributed by atoms with van der Waals surface area (Å²) in [6, 6.07) is 4.04. The zero-order chi connectivity index (χ0) is 17.6. The third-order valence-electron chi connectivity index (χ3n) is 4.98. The molecular formula is C18H19N5OS. The second kappa shape index (κ2) is 6.07. The highest BCUT2D eigenvalue weighted by molar-refractivity contribution is 7.21. The molecule has 25 heavy (non-hydrogen) atoms. The second-order valence-corrected chi connectivity index (χ2v) is 7.45. The lowest BCUT2D eigenvalue weighted by Gasteiger charge is -2.16. The molecular weight excluding hydrogens is 334 g/mol. The summed E-state index contributed by atoms with van der Waals surface area (Å²) in [7, 11) is 0. The summed E-state index contributed by atoms with van der Waals surface area (Å²) in [5, 5.41) is 9.22. The van der Waals surface area contributed by atoms with Gasteiger partial charge >= 0.3 is 0 Å². The minimum Gasteiger partial charge on any atom is -0.397 e. The molecule has 1 aliphatic rings. The predicted molar refractivity (Wildman–Crippen MR) is 98.8 cm³/mol. The number of amides is 1. The fourth-order valence-corrected chi connectivity index (χ4v) is 4.46. The fourth-order valence-electron chi connectivity index (χ4n) is 3.40. The van der Waals surface area contributed by atoms with Crippen LogP contribution in [-0.4, -0.2) is 39.1 Å². The number of nitrogen functional groups attached to an aromatic ring is 1. The number of fused-ring (bicyclic) bond motifs is 1. The highest BCUT2D eigenvalue weighted by atomic mass is 32.1. The number of nitrogens with zero attached hydrogens (tertiary/aromatic N) is 4. The lowest BCUT2D eigenvalue weighted by molar-refractivity contribution is 0.0796. The molecule has 1 fully saturated rings. The largest absolute Gasteiger partial charge is 0.397 e. The van der Waals surface area contributed by atoms with Crippen molar-refractivity contribution in [1.29, 1.82) is 0 Å². The van der Waals surface area contributed by atoms with Crippen molar-refractivity contribution < 1.29 is 4.79 Å². The Kier molecular flexibility index (Phi) is 3.88. The van der Waals surface area contributed by atoms with Crippen molar-refractivity contribution in [3.05, 3.63) is 46.2 Å². The molecule has 0 saturated carbocycles. The Bertz CT molecular complexity index is 953. The standard InChI is InChI=1S/C18H19N5OS/c1-10-11(2)21-22-17-14(10)15(19)16(25-17)18(24)23-8-5-13(9-23)12-3-6-20-7-4-12/h3-4,6-7,13H,5,8-9,19H2,1-2H3. The van der Waals surface area contributed by atoms with E-state index >= 15 is 0 Å². The van der Waals surface area contributed by atoms with Crippen LogP contribution in [0.2, 0.25) is 0 Å². The third-order valence-corrected chi connectivity index (χ3v) is 6.06. The van der Waals surface area contributed by atoms with Gasteiger partial charge in [-0.25, -0.2) is 0 Å². The number of thiophene rings is 1. The van der Waals surface area contributed by atoms with Gasteiger partial charge in [-0.15, -0.1) is 16.4 Å². The lowest BCUT2D eigenvalue weighted by Crippen LogP contribution is -2.28. The Morgan fingerprint density at radius 3 is 2.80 bits per heavy atom. The molecule has 1 aliphatic heterocycles. The van der Waals surface area contributed by atoms with Crippen molar-refractivity contribution >= 4 is 33.1 Å². The summed E-state index contributed by atoms with van der Waals surface area (Å²) in [4.78, 5) is 20.3. The van der Waals surface area contributed by atoms with E-state index in [4.69, 9.17) is 5.73 Å². The normalized spacial score (nSPS) is 17.4. The Morgan fingerprint density at radius 1 is 1.28 bits per heavy atom. The van der Waals surface area contributed by atoms with Crippen molar-refractivity contribution in [2.75, 3.05) is 18.8 Å². The van der Waals surface area contributed by atoms with Crippen LogP contribution in [0.15, 0.2) is 24.5 Å². The van der Waals surface area contributed by atoms with E-state index in [1.165, 1.54) is 16.9 Å². The Labute approximate surface area is 149 Å². The molecule has 0 radical (unpaired) electrons. The number of hydrogen-bond donors (Lipinski definition) is 1. The number of aromatic nitrogens is 3. The Morgan fingerprint density at radius 2 is 2.04 bits per heavy atom. The first-order valence-electron chi connectivity index (χ1n) is 8.27. The molecule has 3 aromatic rings. The van der Waals surface area contributed by atoms with Crippen molar-refractivity contribution in [2.24, 2.45) is 0 Å². The maximum Gasteiger partial charge on any atom is 0.266 e. The first-order valence-corrected chi connectivity index (χ1v) is 9.09. The lowest BCUT2D eigenvalue weighted by atomic mass is 10.00. The summed E-state index contributed by atoms with van der Waals surface area (Å²) in [5.74, 6) is 0.348. The van der Waals surface area contributed by atoms with E-state index in [-0.39, 0.29) is 5.91 Å². The van der Waals surface area contributed by atoms with E-state index in [1.807, 2.05) is 30.9 Å². The summed E-state index contributed by atoms with van der Waals surface area (Å²) in [6.45, 7) is 5.32. The number of carbonyl (C=O) groups excluding carboxylic acids is 1. The van der Waals surface area contributed by atoms with E-state index in [2.05, 4.69) is 15.2 Å². The summed E-state index contributed by atoms with van der Waals surface area (Å²) in [5.41, 5.74) is 9.91. The Hall–Kier alpha value is -2.54. The SMILES string of the molecule is Cc1nnc2sc(C(=O)N3CCC(c4ccncc4)C3)c(N)c2c1C. The van der Waals surface area contributed by atoms with Crippen LogP contribution in [0.4, 0.5) is 5.69 Å². The molecule has 1 saturated heterocycles. The van der Waals surface area contributed by atoms with Crippen molar-refractivity contribution in [3.8, 4) is 0 Å². The van der Waals surface area contributed by atoms with E-state index in [0.717, 1.165) is 34.4 Å². The quantitative estimate of drug-likeness (QED) is 0.766. The maximum absolute atomic E-state index is 13.0. The van der Waals surface area contributed by atoms with Gasteiger partial charge in [-0.2, -0.15) is 5.10 Å². The number of nitrogens with two attached hydrogens (primary N) is 1. The van der Waals surface area contributed by atoms with Crippen LogP contribution in [0, 0.1) is 13.8 Å². The van der Waals surface area contributed by atoms with Crippen molar-refractivity contribution in [2.45, 2.75) is 26.2 Å². The zero-order valence-corrected chi connectivity index (χ0v) is 15.0. The molecule has 1 atom stereocenters. The zero-order valence-electron chi connectivity index (χ0n) is 14.2. The van der Waals surface area contributed by atoms with E-state index < -0.39 is 0 Å². The van der Waals surface area contributed by atoms with Gasteiger partial charge in [-0.05, 0) is 43.5 Å². The number of anilines is 1. The highest BCUT2D eigenvalue weighted by Gasteiger charge is 2.30. The third kappa shape index (κ3) is 2.64. The summed E-state index contributed by atoms with van der Waals surface area (Å²) in [6.07, 6.45) is 4.56. The van der Waals surface area contributed by atoms with Crippen molar-refractivity contribution in [3.63, 3.8) is 0 Å². The molecule has 128 valence electrons. The minimum absolute atomic E-state index is 0.00545. The molecule has 0 spiro atoms. The van der Waals surface area contributed by atoms with Gasteiger partial charge in [-0.3, -0.25) is 9.78 Å². The van der Waals surface area contributed by atoms with Gasteiger partial charge in [0.15, 0.2) is 0 Å². The highest BCUT2D eigenvalue weighted by Crippen LogP contribution is 2.37. The van der Waals surface area contributed by atoms with Crippen LogP contribution >= 0.6 is 11.3 Å².